The molecule has 8 nitrogen and oxygen atoms in total. The number of anilines is 2. The third kappa shape index (κ3) is 5.48. The molecule has 3 heterocycles. The Morgan fingerprint density at radius 3 is 1.97 bits per heavy atom. The average Bonchev–Trinajstić information content (AvgIpc) is 2.78. The first-order valence-corrected chi connectivity index (χ1v) is 12.6. The van der Waals surface area contributed by atoms with Crippen LogP contribution in [0.3, 0.4) is 0 Å². The average molecular weight is 633 g/mol. The van der Waals surface area contributed by atoms with Crippen LogP contribution in [0.15, 0.2) is 22.4 Å². The molecule has 2 aliphatic rings. The van der Waals surface area contributed by atoms with Crippen molar-refractivity contribution in [2.24, 2.45) is 10.2 Å². The molecule has 4 rings (SSSR count). The van der Waals surface area contributed by atoms with E-state index in [4.69, 9.17) is 4.98 Å². The number of azo groups is 1. The number of rotatable bonds is 5. The molecule has 2 aliphatic heterocycles. The van der Waals surface area contributed by atoms with Gasteiger partial charge >= 0.3 is 0 Å². The lowest BCUT2D eigenvalue weighted by atomic mass is 10.1. The summed E-state index contributed by atoms with van der Waals surface area (Å²) in [5, 5.41) is 18.9. The van der Waals surface area contributed by atoms with Crippen LogP contribution in [-0.4, -0.2) is 46.2 Å². The van der Waals surface area contributed by atoms with Gasteiger partial charge in [-0.15, -0.1) is 5.11 Å². The molecule has 2 fully saturated rings. The summed E-state index contributed by atoms with van der Waals surface area (Å²) in [6.07, 6.45) is 7.15. The van der Waals surface area contributed by atoms with Crippen LogP contribution >= 0.6 is 45.2 Å². The Kier molecular flexibility index (Phi) is 7.55. The zero-order valence-electron chi connectivity index (χ0n) is 16.8. The highest BCUT2D eigenvalue weighted by Crippen LogP contribution is 2.28. The van der Waals surface area contributed by atoms with Crippen molar-refractivity contribution in [2.75, 3.05) is 36.0 Å². The van der Waals surface area contributed by atoms with Crippen LogP contribution < -0.4 is 9.80 Å². The second-order valence-corrected chi connectivity index (χ2v) is 10.0. The third-order valence-corrected chi connectivity index (χ3v) is 6.83. The fraction of sp³-hybridized carbons (Fsp3) is 0.550. The predicted octanol–water partition coefficient (Wildman–Crippen LogP) is 5.05. The first kappa shape index (κ1) is 21.9. The second-order valence-electron chi connectivity index (χ2n) is 7.63. The van der Waals surface area contributed by atoms with E-state index < -0.39 is 0 Å². The molecular weight excluding hydrogens is 608 g/mol. The van der Waals surface area contributed by atoms with Gasteiger partial charge in [0.05, 0.1) is 10.1 Å². The minimum Gasteiger partial charge on any atom is -0.506 e. The van der Waals surface area contributed by atoms with Crippen LogP contribution in [-0.2, 0) is 6.54 Å². The molecule has 2 aromatic rings. The summed E-state index contributed by atoms with van der Waals surface area (Å²) >= 11 is 4.36. The van der Waals surface area contributed by atoms with E-state index in [9.17, 15) is 5.11 Å². The second kappa shape index (κ2) is 10.3. The van der Waals surface area contributed by atoms with Crippen molar-refractivity contribution in [3.63, 3.8) is 0 Å². The largest absolute Gasteiger partial charge is 0.506 e. The smallest absolute Gasteiger partial charge is 0.275 e. The van der Waals surface area contributed by atoms with Gasteiger partial charge in [-0.2, -0.15) is 20.1 Å². The molecule has 160 valence electrons. The number of aromatic hydroxyl groups is 1. The highest BCUT2D eigenvalue weighted by molar-refractivity contribution is 14.1. The molecule has 30 heavy (non-hydrogen) atoms. The fourth-order valence-corrected chi connectivity index (χ4v) is 5.74. The van der Waals surface area contributed by atoms with E-state index >= 15 is 0 Å². The Morgan fingerprint density at radius 1 is 0.833 bits per heavy atom. The molecule has 0 amide bonds. The Hall–Kier alpha value is -1.31. The standard InChI is InChI=1S/C20H25I2N7O/c21-15-11-14(17(30)16(22)12-15)13-23-27-18-24-19(28-7-3-1-4-8-28)26-20(25-18)29-9-5-2-6-10-29/h11-12,30H,1-10,13H2. The minimum atomic E-state index is 0.258. The number of phenolic OH excluding ortho intramolecular Hbond substituents is 1. The maximum Gasteiger partial charge on any atom is 0.275 e. The molecule has 1 aromatic carbocycles. The molecule has 0 radical (unpaired) electrons. The SMILES string of the molecule is Oc1c(I)cc(I)cc1CN=Nc1nc(N2CCCCC2)nc(N2CCCCC2)n1. The van der Waals surface area contributed by atoms with Gasteiger partial charge in [0.1, 0.15) is 5.75 Å². The number of halogens is 2. The highest BCUT2D eigenvalue weighted by Gasteiger charge is 2.20. The van der Waals surface area contributed by atoms with Gasteiger partial charge in [-0.25, -0.2) is 0 Å². The Bertz CT molecular complexity index is 876. The number of piperidine rings is 2. The zero-order chi connectivity index (χ0) is 20.9. The van der Waals surface area contributed by atoms with Crippen LogP contribution in [0.25, 0.3) is 0 Å². The summed E-state index contributed by atoms with van der Waals surface area (Å²) < 4.78 is 1.87. The predicted molar refractivity (Wildman–Crippen MR) is 134 cm³/mol. The van der Waals surface area contributed by atoms with E-state index in [1.807, 2.05) is 12.1 Å². The van der Waals surface area contributed by atoms with Gasteiger partial charge in [-0.3, -0.25) is 0 Å². The van der Waals surface area contributed by atoms with Crippen molar-refractivity contribution >= 4 is 63.0 Å². The molecule has 1 N–H and O–H groups in total. The van der Waals surface area contributed by atoms with Crippen LogP contribution in [0.5, 0.6) is 5.75 Å². The normalized spacial score (nSPS) is 17.7. The van der Waals surface area contributed by atoms with Gasteiger partial charge in [-0.1, -0.05) is 0 Å². The van der Waals surface area contributed by atoms with E-state index in [1.54, 1.807) is 0 Å². The van der Waals surface area contributed by atoms with Crippen LogP contribution in [0, 0.1) is 7.14 Å². The minimum absolute atomic E-state index is 0.258. The Labute approximate surface area is 203 Å². The van der Waals surface area contributed by atoms with Gasteiger partial charge in [0, 0.05) is 35.3 Å². The van der Waals surface area contributed by atoms with Crippen molar-refractivity contribution < 1.29 is 5.11 Å². The van der Waals surface area contributed by atoms with E-state index in [-0.39, 0.29) is 12.3 Å². The first-order chi connectivity index (χ1) is 14.6. The molecule has 0 spiro atoms. The molecule has 0 aliphatic carbocycles. The first-order valence-electron chi connectivity index (χ1n) is 10.4. The fourth-order valence-electron chi connectivity index (χ4n) is 3.77. The quantitative estimate of drug-likeness (QED) is 0.367. The number of aromatic nitrogens is 3. The number of nitrogens with zero attached hydrogens (tertiary/aromatic N) is 7. The molecule has 0 unspecified atom stereocenters. The van der Waals surface area contributed by atoms with Gasteiger partial charge < -0.3 is 14.9 Å². The summed E-state index contributed by atoms with van der Waals surface area (Å²) in [7, 11) is 0. The van der Waals surface area contributed by atoms with Crippen molar-refractivity contribution in [3.05, 3.63) is 24.8 Å². The third-order valence-electron chi connectivity index (χ3n) is 5.39. The van der Waals surface area contributed by atoms with Crippen LogP contribution in [0.4, 0.5) is 17.8 Å². The van der Waals surface area contributed by atoms with E-state index in [0.717, 1.165) is 64.6 Å². The summed E-state index contributed by atoms with van der Waals surface area (Å²) in [6.45, 7) is 4.15. The summed E-state index contributed by atoms with van der Waals surface area (Å²) in [4.78, 5) is 18.4. The van der Waals surface area contributed by atoms with Crippen molar-refractivity contribution in [2.45, 2.75) is 45.1 Å². The lowest BCUT2D eigenvalue weighted by molar-refractivity contribution is 0.464. The van der Waals surface area contributed by atoms with Gasteiger partial charge in [0.25, 0.3) is 5.95 Å². The maximum atomic E-state index is 10.3. The highest BCUT2D eigenvalue weighted by atomic mass is 127. The molecule has 0 bridgehead atoms. The maximum absolute atomic E-state index is 10.3. The molecular formula is C20H25I2N7O. The van der Waals surface area contributed by atoms with Crippen molar-refractivity contribution in [1.82, 2.24) is 15.0 Å². The molecule has 2 saturated heterocycles. The van der Waals surface area contributed by atoms with Crippen molar-refractivity contribution in [3.8, 4) is 5.75 Å². The topological polar surface area (TPSA) is 90.1 Å². The molecule has 1 aromatic heterocycles. The van der Waals surface area contributed by atoms with Crippen LogP contribution in [0.1, 0.15) is 44.1 Å². The lowest BCUT2D eigenvalue weighted by Crippen LogP contribution is -2.34. The van der Waals surface area contributed by atoms with Gasteiger partial charge in [-0.05, 0) is 95.8 Å². The number of phenols is 1. The van der Waals surface area contributed by atoms with Gasteiger partial charge in [0.15, 0.2) is 0 Å². The lowest BCUT2D eigenvalue weighted by Gasteiger charge is -2.29. The van der Waals surface area contributed by atoms with E-state index in [2.05, 4.69) is 75.2 Å². The number of hydrogen-bond acceptors (Lipinski definition) is 8. The van der Waals surface area contributed by atoms with E-state index in [0.29, 0.717) is 17.8 Å². The molecule has 0 atom stereocenters. The Balaban J connectivity index is 1.58. The summed E-state index contributed by atoms with van der Waals surface area (Å²) in [5.74, 6) is 2.00. The zero-order valence-corrected chi connectivity index (χ0v) is 21.1. The Morgan fingerprint density at radius 2 is 1.40 bits per heavy atom. The van der Waals surface area contributed by atoms with Crippen molar-refractivity contribution in [1.29, 1.82) is 0 Å². The van der Waals surface area contributed by atoms with Crippen LogP contribution in [0.2, 0.25) is 0 Å². The van der Waals surface area contributed by atoms with Gasteiger partial charge in [0.2, 0.25) is 11.9 Å². The molecule has 10 heteroatoms. The van der Waals surface area contributed by atoms with E-state index in [1.165, 1.54) is 12.8 Å². The summed E-state index contributed by atoms with van der Waals surface area (Å²) in [5.41, 5.74) is 0.747. The molecule has 0 saturated carbocycles. The summed E-state index contributed by atoms with van der Waals surface area (Å²) in [6, 6.07) is 3.85. The number of hydrogen-bond donors (Lipinski definition) is 1. The number of benzene rings is 1. The monoisotopic (exact) mass is 633 g/mol.